The molecule has 1 heterocycles. The van der Waals surface area contributed by atoms with Crippen LogP contribution in [0.3, 0.4) is 0 Å². The minimum atomic E-state index is -0.886. The number of hydrogen-bond donors (Lipinski definition) is 1. The predicted octanol–water partition coefficient (Wildman–Crippen LogP) is 2.29. The number of carbonyl (C=O) groups excluding carboxylic acids is 2. The number of carboxylic acid groups (broad SMARTS) is 1. The van der Waals surface area contributed by atoms with E-state index in [-0.39, 0.29) is 34.6 Å². The quantitative estimate of drug-likeness (QED) is 0.835. The van der Waals surface area contributed by atoms with Gasteiger partial charge in [-0.15, -0.1) is 0 Å². The second kappa shape index (κ2) is 5.59. The van der Waals surface area contributed by atoms with Crippen molar-refractivity contribution in [3.8, 4) is 0 Å². The first kappa shape index (κ1) is 17.1. The summed E-state index contributed by atoms with van der Waals surface area (Å²) in [7, 11) is 0. The molecule has 0 aromatic heterocycles. The molecule has 3 fully saturated rings. The molecule has 0 aromatic carbocycles. The Bertz CT molecular complexity index is 629. The smallest absolute Gasteiger partial charge is 0.243 e. The van der Waals surface area contributed by atoms with Crippen LogP contribution in [-0.2, 0) is 9.59 Å². The van der Waals surface area contributed by atoms with Crippen LogP contribution in [-0.4, -0.2) is 17.9 Å². The minimum absolute atomic E-state index is 0.0466. The van der Waals surface area contributed by atoms with Crippen molar-refractivity contribution in [1.29, 1.82) is 0 Å². The maximum Gasteiger partial charge on any atom is 0.243 e. The summed E-state index contributed by atoms with van der Waals surface area (Å²) in [5, 5.41) is 14.7. The zero-order valence-electron chi connectivity index (χ0n) is 15.6. The summed E-state index contributed by atoms with van der Waals surface area (Å²) >= 11 is 0. The van der Waals surface area contributed by atoms with Crippen molar-refractivity contribution in [2.45, 2.75) is 65.3 Å². The Kier molecular flexibility index (Phi) is 3.82. The Morgan fingerprint density at radius 3 is 2.68 bits per heavy atom. The van der Waals surface area contributed by atoms with Gasteiger partial charge >= 0.3 is 0 Å². The summed E-state index contributed by atoms with van der Waals surface area (Å²) < 4.78 is 0. The summed E-state index contributed by atoms with van der Waals surface area (Å²) in [6.07, 6.45) is 10.5. The first-order valence-electron chi connectivity index (χ1n) is 9.98. The lowest BCUT2D eigenvalue weighted by atomic mass is 9.47. The monoisotopic (exact) mass is 344 g/mol. The van der Waals surface area contributed by atoms with E-state index >= 15 is 0 Å². The van der Waals surface area contributed by atoms with E-state index in [1.54, 1.807) is 6.08 Å². The molecule has 0 spiro atoms. The molecule has 3 aliphatic carbocycles. The molecule has 0 aromatic rings. The van der Waals surface area contributed by atoms with Crippen LogP contribution in [0.2, 0.25) is 0 Å². The molecule has 138 valence electrons. The molecular formula is C21H30NO3-. The highest BCUT2D eigenvalue weighted by atomic mass is 16.4. The van der Waals surface area contributed by atoms with E-state index in [1.807, 2.05) is 6.92 Å². The molecule has 4 nitrogen and oxygen atoms in total. The van der Waals surface area contributed by atoms with Gasteiger partial charge in [0.05, 0.1) is 0 Å². The molecule has 0 bridgehead atoms. The van der Waals surface area contributed by atoms with Crippen LogP contribution in [0.1, 0.15) is 59.3 Å². The van der Waals surface area contributed by atoms with Gasteiger partial charge in [-0.3, -0.25) is 4.79 Å². The lowest BCUT2D eigenvalue weighted by Gasteiger charge is -2.59. The van der Waals surface area contributed by atoms with Gasteiger partial charge in [-0.1, -0.05) is 26.8 Å². The highest BCUT2D eigenvalue weighted by molar-refractivity contribution is 5.89. The summed E-state index contributed by atoms with van der Waals surface area (Å²) in [5.41, 5.74) is 0.182. The van der Waals surface area contributed by atoms with Crippen LogP contribution in [0.25, 0.3) is 0 Å². The van der Waals surface area contributed by atoms with Crippen molar-refractivity contribution in [1.82, 2.24) is 5.32 Å². The number of carboxylic acids is 1. The molecule has 4 aliphatic rings. The summed E-state index contributed by atoms with van der Waals surface area (Å²) in [6, 6.07) is 0.259. The zero-order valence-corrected chi connectivity index (χ0v) is 15.6. The van der Waals surface area contributed by atoms with Crippen LogP contribution in [0.5, 0.6) is 0 Å². The fraction of sp³-hybridized carbons (Fsp3) is 0.810. The molecule has 0 saturated heterocycles. The number of nitrogens with one attached hydrogen (secondary N) is 1. The van der Waals surface area contributed by atoms with Gasteiger partial charge in [-0.2, -0.15) is 0 Å². The topological polar surface area (TPSA) is 69.2 Å². The van der Waals surface area contributed by atoms with Crippen molar-refractivity contribution >= 4 is 11.9 Å². The summed E-state index contributed by atoms with van der Waals surface area (Å²) in [6.45, 7) is 6.51. The molecular weight excluding hydrogens is 314 g/mol. The van der Waals surface area contributed by atoms with Gasteiger partial charge in [0.25, 0.3) is 0 Å². The highest BCUT2D eigenvalue weighted by Gasteiger charge is 2.60. The van der Waals surface area contributed by atoms with E-state index in [9.17, 15) is 14.7 Å². The molecule has 1 N–H and O–H groups in total. The zero-order chi connectivity index (χ0) is 18.0. The second-order valence-electron chi connectivity index (χ2n) is 9.55. The Morgan fingerprint density at radius 1 is 1.20 bits per heavy atom. The van der Waals surface area contributed by atoms with E-state index in [0.717, 1.165) is 38.5 Å². The third-order valence-corrected chi connectivity index (χ3v) is 8.73. The number of fused-ring (bicyclic) bond motifs is 5. The number of hydrogen-bond acceptors (Lipinski definition) is 3. The predicted molar refractivity (Wildman–Crippen MR) is 93.1 cm³/mol. The minimum Gasteiger partial charge on any atom is -0.550 e. The van der Waals surface area contributed by atoms with Crippen molar-refractivity contribution in [3.05, 3.63) is 12.2 Å². The molecule has 1 amide bonds. The summed E-state index contributed by atoms with van der Waals surface area (Å²) in [4.78, 5) is 23.3. The first-order chi connectivity index (χ1) is 11.8. The fourth-order valence-electron chi connectivity index (χ4n) is 7.36. The van der Waals surface area contributed by atoms with Crippen molar-refractivity contribution in [2.24, 2.45) is 40.4 Å². The van der Waals surface area contributed by atoms with Gasteiger partial charge in [-0.05, 0) is 79.6 Å². The number of carbonyl (C=O) groups is 2. The molecule has 8 atom stereocenters. The maximum absolute atomic E-state index is 11.8. The van der Waals surface area contributed by atoms with Crippen LogP contribution in [0, 0.1) is 40.4 Å². The third-order valence-electron chi connectivity index (χ3n) is 8.73. The van der Waals surface area contributed by atoms with Gasteiger partial charge in [0, 0.05) is 17.4 Å². The molecule has 25 heavy (non-hydrogen) atoms. The molecule has 4 rings (SSSR count). The molecule has 0 radical (unpaired) electrons. The van der Waals surface area contributed by atoms with Crippen LogP contribution < -0.4 is 10.4 Å². The Labute approximate surface area is 150 Å². The van der Waals surface area contributed by atoms with E-state index in [1.165, 1.54) is 0 Å². The van der Waals surface area contributed by atoms with E-state index in [0.29, 0.717) is 17.8 Å². The summed E-state index contributed by atoms with van der Waals surface area (Å²) in [5.74, 6) is 0.912. The van der Waals surface area contributed by atoms with Gasteiger partial charge in [-0.25, -0.2) is 0 Å². The van der Waals surface area contributed by atoms with Crippen LogP contribution in [0.4, 0.5) is 0 Å². The Morgan fingerprint density at radius 2 is 1.96 bits per heavy atom. The standard InChI is InChI=1S/C21H31NO3/c1-12(19(24)25)14-5-6-15-13-4-7-17-21(3,11-9-18(23)22-17)16(13)8-10-20(14,15)2/h9,11-17H,4-8,10H2,1-3H3,(H,22,23)(H,24,25)/p-1/t12?,13-,14+,15-,16-,17?,20+,21+/m0/s1. The van der Waals surface area contributed by atoms with Gasteiger partial charge in [0.1, 0.15) is 0 Å². The lowest BCUT2D eigenvalue weighted by Crippen LogP contribution is -2.59. The average molecular weight is 344 g/mol. The number of rotatable bonds is 2. The molecule has 3 saturated carbocycles. The third kappa shape index (κ3) is 2.32. The number of aliphatic carboxylic acids is 1. The van der Waals surface area contributed by atoms with Crippen LogP contribution in [0.15, 0.2) is 12.2 Å². The lowest BCUT2D eigenvalue weighted by molar-refractivity contribution is -0.314. The van der Waals surface area contributed by atoms with Crippen molar-refractivity contribution < 1.29 is 14.7 Å². The maximum atomic E-state index is 11.8. The van der Waals surface area contributed by atoms with Gasteiger partial charge in [0.15, 0.2) is 0 Å². The molecule has 1 aliphatic heterocycles. The highest BCUT2D eigenvalue weighted by Crippen LogP contribution is 2.65. The van der Waals surface area contributed by atoms with Crippen LogP contribution >= 0.6 is 0 Å². The van der Waals surface area contributed by atoms with Crippen molar-refractivity contribution in [3.63, 3.8) is 0 Å². The first-order valence-corrected chi connectivity index (χ1v) is 9.98. The van der Waals surface area contributed by atoms with E-state index < -0.39 is 5.97 Å². The van der Waals surface area contributed by atoms with Gasteiger partial charge < -0.3 is 15.2 Å². The van der Waals surface area contributed by atoms with E-state index in [2.05, 4.69) is 25.2 Å². The van der Waals surface area contributed by atoms with Gasteiger partial charge in [0.2, 0.25) is 5.91 Å². The SMILES string of the molecule is CC(C(=O)[O-])[C@H]1CC[C@H]2[C@@H]3CCC4NC(=O)C=C[C@]4(C)[C@H]3CC[C@]12C. The second-order valence-corrected chi connectivity index (χ2v) is 9.55. The largest absolute Gasteiger partial charge is 0.550 e. The molecule has 4 heteroatoms. The van der Waals surface area contributed by atoms with E-state index in [4.69, 9.17) is 0 Å². The number of amides is 1. The Balaban J connectivity index is 1.63. The fourth-order valence-corrected chi connectivity index (χ4v) is 7.36. The Hall–Kier alpha value is -1.32. The normalized spacial score (nSPS) is 49.6. The average Bonchev–Trinajstić information content (AvgIpc) is 2.92. The van der Waals surface area contributed by atoms with Crippen molar-refractivity contribution in [2.75, 3.05) is 0 Å². The molecule has 2 unspecified atom stereocenters.